The summed E-state index contributed by atoms with van der Waals surface area (Å²) in [6.45, 7) is 2.21. The molecule has 0 spiro atoms. The van der Waals surface area contributed by atoms with E-state index in [0.29, 0.717) is 0 Å². The minimum Gasteiger partial charge on any atom is -0.269 e. The molecule has 1 heterocycles. The minimum absolute atomic E-state index is 0.241. The van der Waals surface area contributed by atoms with Crippen molar-refractivity contribution >= 4 is 11.8 Å². The van der Waals surface area contributed by atoms with E-state index in [-0.39, 0.29) is 11.8 Å². The number of rotatable bonds is 8. The van der Waals surface area contributed by atoms with Crippen molar-refractivity contribution in [1.82, 2.24) is 4.90 Å². The molecule has 94 valence electrons. The van der Waals surface area contributed by atoms with Crippen LogP contribution in [0, 0.1) is 0 Å². The van der Waals surface area contributed by atoms with E-state index in [9.17, 15) is 9.59 Å². The summed E-state index contributed by atoms with van der Waals surface area (Å²) in [5, 5.41) is 0. The predicted octanol–water partition coefficient (Wildman–Crippen LogP) is 3.18. The highest BCUT2D eigenvalue weighted by Gasteiger charge is 2.19. The summed E-state index contributed by atoms with van der Waals surface area (Å²) in [7, 11) is 0. The van der Waals surface area contributed by atoms with Gasteiger partial charge in [-0.25, -0.2) is 0 Å². The highest BCUT2D eigenvalue weighted by molar-refractivity contribution is 6.13. The summed E-state index contributed by atoms with van der Waals surface area (Å²) >= 11 is 0. The predicted molar refractivity (Wildman–Crippen MR) is 68.1 cm³/mol. The molecule has 1 aliphatic rings. The lowest BCUT2D eigenvalue weighted by atomic mass is 10.1. The standard InChI is InChI=1S/C14H21NO2/c1-2-3-4-5-6-7-8-9-12-15-13(16)10-11-14(15)17/h9-12H,2-8H2,1H3. The third-order valence-corrected chi connectivity index (χ3v) is 2.82. The van der Waals surface area contributed by atoms with Crippen LogP contribution in [0.4, 0.5) is 0 Å². The van der Waals surface area contributed by atoms with Gasteiger partial charge in [-0.05, 0) is 12.8 Å². The number of hydrogen-bond acceptors (Lipinski definition) is 2. The van der Waals surface area contributed by atoms with E-state index in [1.165, 1.54) is 44.3 Å². The van der Waals surface area contributed by atoms with Gasteiger partial charge in [0, 0.05) is 18.4 Å². The van der Waals surface area contributed by atoms with Crippen LogP contribution in [0.1, 0.15) is 51.9 Å². The van der Waals surface area contributed by atoms with Crippen molar-refractivity contribution in [3.05, 3.63) is 24.4 Å². The summed E-state index contributed by atoms with van der Waals surface area (Å²) in [5.74, 6) is -0.483. The minimum atomic E-state index is -0.241. The van der Waals surface area contributed by atoms with Crippen LogP contribution in [0.3, 0.4) is 0 Å². The second-order valence-corrected chi connectivity index (χ2v) is 4.32. The largest absolute Gasteiger partial charge is 0.269 e. The van der Waals surface area contributed by atoms with Crippen LogP contribution in [0.15, 0.2) is 24.4 Å². The van der Waals surface area contributed by atoms with E-state index in [2.05, 4.69) is 6.92 Å². The molecule has 0 fully saturated rings. The van der Waals surface area contributed by atoms with Gasteiger partial charge in [0.25, 0.3) is 11.8 Å². The quantitative estimate of drug-likeness (QED) is 0.478. The number of carbonyl (C=O) groups is 2. The topological polar surface area (TPSA) is 37.4 Å². The first-order chi connectivity index (χ1) is 8.25. The molecular formula is C14H21NO2. The van der Waals surface area contributed by atoms with Crippen molar-refractivity contribution in [3.8, 4) is 0 Å². The van der Waals surface area contributed by atoms with Crippen LogP contribution >= 0.6 is 0 Å². The Morgan fingerprint density at radius 3 is 2.24 bits per heavy atom. The van der Waals surface area contributed by atoms with Gasteiger partial charge in [-0.1, -0.05) is 45.1 Å². The molecule has 0 saturated carbocycles. The smallest absolute Gasteiger partial charge is 0.257 e. The Labute approximate surface area is 103 Å². The average Bonchev–Trinajstić information content (AvgIpc) is 2.63. The third kappa shape index (κ3) is 4.98. The molecule has 0 saturated heterocycles. The fourth-order valence-electron chi connectivity index (χ4n) is 1.78. The molecule has 0 atom stereocenters. The van der Waals surface area contributed by atoms with Crippen molar-refractivity contribution in [2.75, 3.05) is 0 Å². The number of imide groups is 1. The van der Waals surface area contributed by atoms with E-state index in [0.717, 1.165) is 17.7 Å². The van der Waals surface area contributed by atoms with E-state index < -0.39 is 0 Å². The lowest BCUT2D eigenvalue weighted by molar-refractivity contribution is -0.133. The van der Waals surface area contributed by atoms with Crippen LogP contribution < -0.4 is 0 Å². The molecule has 3 nitrogen and oxygen atoms in total. The van der Waals surface area contributed by atoms with Gasteiger partial charge in [-0.15, -0.1) is 0 Å². The van der Waals surface area contributed by atoms with Crippen molar-refractivity contribution in [3.63, 3.8) is 0 Å². The molecule has 1 rings (SSSR count). The zero-order valence-corrected chi connectivity index (χ0v) is 10.5. The molecule has 2 amide bonds. The van der Waals surface area contributed by atoms with Gasteiger partial charge < -0.3 is 0 Å². The molecule has 0 aromatic heterocycles. The average molecular weight is 235 g/mol. The van der Waals surface area contributed by atoms with Crippen molar-refractivity contribution in [1.29, 1.82) is 0 Å². The third-order valence-electron chi connectivity index (χ3n) is 2.82. The summed E-state index contributed by atoms with van der Waals surface area (Å²) in [6.07, 6.45) is 14.6. The number of carbonyl (C=O) groups excluding carboxylic acids is 2. The van der Waals surface area contributed by atoms with Gasteiger partial charge in [0.2, 0.25) is 0 Å². The summed E-state index contributed by atoms with van der Waals surface area (Å²) in [5.41, 5.74) is 0. The van der Waals surface area contributed by atoms with E-state index in [1.54, 1.807) is 6.20 Å². The molecule has 0 aromatic carbocycles. The summed E-state index contributed by atoms with van der Waals surface area (Å²) < 4.78 is 0. The van der Waals surface area contributed by atoms with E-state index in [4.69, 9.17) is 0 Å². The lowest BCUT2D eigenvalue weighted by Crippen LogP contribution is -2.23. The van der Waals surface area contributed by atoms with Crippen LogP contribution in [-0.4, -0.2) is 16.7 Å². The SMILES string of the molecule is CCCCCCCCC=CN1C(=O)C=CC1=O. The first-order valence-electron chi connectivity index (χ1n) is 6.47. The molecule has 3 heteroatoms. The van der Waals surface area contributed by atoms with E-state index >= 15 is 0 Å². The molecule has 0 aliphatic carbocycles. The van der Waals surface area contributed by atoms with Crippen LogP contribution in [0.2, 0.25) is 0 Å². The highest BCUT2D eigenvalue weighted by atomic mass is 16.2. The summed E-state index contributed by atoms with van der Waals surface area (Å²) in [4.78, 5) is 23.5. The zero-order chi connectivity index (χ0) is 12.5. The number of amides is 2. The Bertz CT molecular complexity index is 300. The Balaban J connectivity index is 2.06. The number of allylic oxidation sites excluding steroid dienone is 1. The van der Waals surface area contributed by atoms with Crippen molar-refractivity contribution in [2.24, 2.45) is 0 Å². The maximum absolute atomic E-state index is 11.2. The second kappa shape index (κ2) is 7.82. The molecule has 0 unspecified atom stereocenters. The number of nitrogens with zero attached hydrogens (tertiary/aromatic N) is 1. The first kappa shape index (κ1) is 13.7. The highest BCUT2D eigenvalue weighted by Crippen LogP contribution is 2.09. The molecular weight excluding hydrogens is 214 g/mol. The Morgan fingerprint density at radius 1 is 1.00 bits per heavy atom. The Kier molecular flexibility index (Phi) is 6.30. The van der Waals surface area contributed by atoms with Gasteiger partial charge >= 0.3 is 0 Å². The van der Waals surface area contributed by atoms with Gasteiger partial charge in [-0.3, -0.25) is 14.5 Å². The Morgan fingerprint density at radius 2 is 1.59 bits per heavy atom. The molecule has 0 radical (unpaired) electrons. The van der Waals surface area contributed by atoms with Gasteiger partial charge in [0.1, 0.15) is 0 Å². The fraction of sp³-hybridized carbons (Fsp3) is 0.571. The van der Waals surface area contributed by atoms with Gasteiger partial charge in [-0.2, -0.15) is 0 Å². The molecule has 0 aromatic rings. The summed E-state index contributed by atoms with van der Waals surface area (Å²) in [6, 6.07) is 0. The fourth-order valence-corrected chi connectivity index (χ4v) is 1.78. The normalized spacial score (nSPS) is 15.5. The van der Waals surface area contributed by atoms with E-state index in [1.807, 2.05) is 6.08 Å². The number of unbranched alkanes of at least 4 members (excludes halogenated alkanes) is 6. The maximum atomic E-state index is 11.2. The maximum Gasteiger partial charge on any atom is 0.257 e. The number of hydrogen-bond donors (Lipinski definition) is 0. The first-order valence-corrected chi connectivity index (χ1v) is 6.47. The Hall–Kier alpha value is -1.38. The van der Waals surface area contributed by atoms with Gasteiger partial charge in [0.15, 0.2) is 0 Å². The van der Waals surface area contributed by atoms with Gasteiger partial charge in [0.05, 0.1) is 0 Å². The second-order valence-electron chi connectivity index (χ2n) is 4.32. The van der Waals surface area contributed by atoms with Crippen molar-refractivity contribution < 1.29 is 9.59 Å². The zero-order valence-electron chi connectivity index (χ0n) is 10.5. The molecule has 0 bridgehead atoms. The van der Waals surface area contributed by atoms with Crippen LogP contribution in [0.25, 0.3) is 0 Å². The van der Waals surface area contributed by atoms with Crippen LogP contribution in [-0.2, 0) is 9.59 Å². The molecule has 17 heavy (non-hydrogen) atoms. The van der Waals surface area contributed by atoms with Crippen molar-refractivity contribution in [2.45, 2.75) is 51.9 Å². The van der Waals surface area contributed by atoms with Crippen LogP contribution in [0.5, 0.6) is 0 Å². The lowest BCUT2D eigenvalue weighted by Gasteiger charge is -2.06. The monoisotopic (exact) mass is 235 g/mol. The molecule has 0 N–H and O–H groups in total. The molecule has 1 aliphatic heterocycles.